The number of rotatable bonds is 8. The molecular weight excluding hydrogens is 415 g/mol. The molecule has 7 nitrogen and oxygen atoms in total. The number of pyridine rings is 1. The smallest absolute Gasteiger partial charge is 0.309 e. The molecule has 1 aliphatic rings. The molecule has 0 amide bonds. The predicted octanol–water partition coefficient (Wildman–Crippen LogP) is 3.01. The normalized spacial score (nSPS) is 16.1. The number of methoxy groups -OCH3 is 1. The minimum Gasteiger partial charge on any atom is -0.507 e. The molecule has 1 atom stereocenters. The Kier molecular flexibility index (Phi) is 8.04. The van der Waals surface area contributed by atoms with E-state index in [1.54, 1.807) is 43.7 Å². The molecule has 0 aliphatic carbocycles. The molecule has 0 bridgehead atoms. The van der Waals surface area contributed by atoms with Crippen LogP contribution in [0, 0.1) is 18.7 Å². The number of hydrogen-bond acceptors (Lipinski definition) is 6. The number of esters is 1. The van der Waals surface area contributed by atoms with Crippen molar-refractivity contribution in [3.05, 3.63) is 63.3 Å². The summed E-state index contributed by atoms with van der Waals surface area (Å²) in [5, 5.41) is 10.8. The van der Waals surface area contributed by atoms with Gasteiger partial charge >= 0.3 is 5.97 Å². The number of carbonyl (C=O) groups is 1. The second-order valence-electron chi connectivity index (χ2n) is 8.05. The fraction of sp³-hybridized carbons (Fsp3) is 0.500. The maximum atomic E-state index is 13.6. The van der Waals surface area contributed by atoms with Gasteiger partial charge in [-0.2, -0.15) is 0 Å². The average molecular weight is 447 g/mol. The fourth-order valence-electron chi connectivity index (χ4n) is 4.34. The number of aromatic hydroxyl groups is 1. The number of nitrogens with zero attached hydrogens (tertiary/aromatic N) is 2. The molecule has 1 saturated heterocycles. The van der Waals surface area contributed by atoms with Crippen LogP contribution in [0.3, 0.4) is 0 Å². The minimum atomic E-state index is -0.569. The highest BCUT2D eigenvalue weighted by Gasteiger charge is 2.34. The van der Waals surface area contributed by atoms with Crippen molar-refractivity contribution in [2.45, 2.75) is 39.3 Å². The molecule has 2 aromatic rings. The second kappa shape index (κ2) is 10.7. The molecule has 1 aromatic heterocycles. The van der Waals surface area contributed by atoms with Crippen LogP contribution in [0.1, 0.15) is 42.6 Å². The van der Waals surface area contributed by atoms with Gasteiger partial charge in [0.05, 0.1) is 30.7 Å². The summed E-state index contributed by atoms with van der Waals surface area (Å²) in [5.74, 6) is -0.863. The first-order valence-corrected chi connectivity index (χ1v) is 11.0. The van der Waals surface area contributed by atoms with Crippen molar-refractivity contribution >= 4 is 5.97 Å². The topological polar surface area (TPSA) is 81.0 Å². The van der Waals surface area contributed by atoms with Gasteiger partial charge in [0.25, 0.3) is 5.56 Å². The number of benzene rings is 1. The Labute approximate surface area is 187 Å². The van der Waals surface area contributed by atoms with Crippen molar-refractivity contribution in [2.75, 3.05) is 33.4 Å². The summed E-state index contributed by atoms with van der Waals surface area (Å²) in [5.41, 5.74) is 1.27. The van der Waals surface area contributed by atoms with E-state index >= 15 is 0 Å². The van der Waals surface area contributed by atoms with E-state index in [0.29, 0.717) is 56.9 Å². The molecule has 0 saturated carbocycles. The Morgan fingerprint density at radius 2 is 1.91 bits per heavy atom. The number of carbonyl (C=O) groups excluding carboxylic acids is 1. The molecule has 1 fully saturated rings. The lowest BCUT2D eigenvalue weighted by Crippen LogP contribution is -2.42. The predicted molar refractivity (Wildman–Crippen MR) is 118 cm³/mol. The third-order valence-electron chi connectivity index (χ3n) is 6.02. The number of aromatic nitrogens is 1. The Bertz CT molecular complexity index is 981. The minimum absolute atomic E-state index is 0.0944. The highest BCUT2D eigenvalue weighted by molar-refractivity contribution is 5.72. The van der Waals surface area contributed by atoms with E-state index in [2.05, 4.69) is 4.90 Å². The number of aryl methyl sites for hydroxylation is 1. The third-order valence-corrected chi connectivity index (χ3v) is 6.02. The van der Waals surface area contributed by atoms with Gasteiger partial charge in [0.15, 0.2) is 0 Å². The van der Waals surface area contributed by atoms with E-state index in [9.17, 15) is 19.1 Å². The van der Waals surface area contributed by atoms with Gasteiger partial charge in [0.1, 0.15) is 11.6 Å². The number of hydrogen-bond donors (Lipinski definition) is 1. The van der Waals surface area contributed by atoms with Crippen LogP contribution in [0.5, 0.6) is 5.75 Å². The van der Waals surface area contributed by atoms with Gasteiger partial charge < -0.3 is 19.1 Å². The van der Waals surface area contributed by atoms with E-state index < -0.39 is 6.04 Å². The van der Waals surface area contributed by atoms with Gasteiger partial charge in [-0.05, 0) is 63.5 Å². The van der Waals surface area contributed by atoms with Gasteiger partial charge in [-0.15, -0.1) is 0 Å². The zero-order valence-corrected chi connectivity index (χ0v) is 18.8. The maximum absolute atomic E-state index is 13.6. The van der Waals surface area contributed by atoms with E-state index in [0.717, 1.165) is 0 Å². The zero-order valence-electron chi connectivity index (χ0n) is 18.8. The number of likely N-dealkylation sites (tertiary alicyclic amines) is 1. The van der Waals surface area contributed by atoms with Gasteiger partial charge in [0.2, 0.25) is 0 Å². The lowest BCUT2D eigenvalue weighted by Gasteiger charge is -2.37. The second-order valence-corrected chi connectivity index (χ2v) is 8.05. The molecule has 1 aliphatic heterocycles. The molecule has 8 heteroatoms. The quantitative estimate of drug-likeness (QED) is 0.628. The van der Waals surface area contributed by atoms with E-state index in [1.807, 2.05) is 0 Å². The molecule has 32 heavy (non-hydrogen) atoms. The molecule has 3 rings (SSSR count). The standard InChI is InChI=1S/C24H31FN2O5/c1-4-32-24(30)18-9-11-26(12-10-18)22(17-5-7-19(25)8-6-17)21-20(28)15-16(2)27(23(21)29)13-14-31-3/h5-8,15,18,22,28H,4,9-14H2,1-3H3/t22-/m1/s1. The monoisotopic (exact) mass is 446 g/mol. The van der Waals surface area contributed by atoms with Gasteiger partial charge in [-0.1, -0.05) is 12.1 Å². The van der Waals surface area contributed by atoms with Crippen LogP contribution in [-0.4, -0.2) is 54.0 Å². The van der Waals surface area contributed by atoms with Crippen LogP contribution < -0.4 is 5.56 Å². The molecular formula is C24H31FN2O5. The summed E-state index contributed by atoms with van der Waals surface area (Å²) < 4.78 is 25.5. The van der Waals surface area contributed by atoms with E-state index in [4.69, 9.17) is 9.47 Å². The summed E-state index contributed by atoms with van der Waals surface area (Å²) in [6.45, 7) is 5.68. The largest absolute Gasteiger partial charge is 0.507 e. The van der Waals surface area contributed by atoms with Gasteiger partial charge in [-0.25, -0.2) is 4.39 Å². The lowest BCUT2D eigenvalue weighted by atomic mass is 9.91. The van der Waals surface area contributed by atoms with Crippen LogP contribution in [0.15, 0.2) is 35.1 Å². The van der Waals surface area contributed by atoms with Gasteiger partial charge in [0, 0.05) is 19.3 Å². The summed E-state index contributed by atoms with van der Waals surface area (Å²) >= 11 is 0. The summed E-state index contributed by atoms with van der Waals surface area (Å²) in [6.07, 6.45) is 1.17. The number of halogens is 1. The molecule has 174 valence electrons. The fourth-order valence-corrected chi connectivity index (χ4v) is 4.34. The molecule has 1 N–H and O–H groups in total. The van der Waals surface area contributed by atoms with E-state index in [1.165, 1.54) is 12.1 Å². The molecule has 2 heterocycles. The van der Waals surface area contributed by atoms with Gasteiger partial charge in [-0.3, -0.25) is 14.5 Å². The Morgan fingerprint density at radius 3 is 2.50 bits per heavy atom. The third kappa shape index (κ3) is 5.19. The van der Waals surface area contributed by atoms with Crippen molar-refractivity contribution in [1.29, 1.82) is 0 Å². The summed E-state index contributed by atoms with van der Waals surface area (Å²) in [4.78, 5) is 27.7. The Morgan fingerprint density at radius 1 is 1.25 bits per heavy atom. The average Bonchev–Trinajstić information content (AvgIpc) is 2.77. The molecule has 0 spiro atoms. The zero-order chi connectivity index (χ0) is 23.3. The SMILES string of the molecule is CCOC(=O)C1CCN([C@H](c2ccc(F)cc2)c2c(O)cc(C)n(CCOC)c2=O)CC1. The summed E-state index contributed by atoms with van der Waals surface area (Å²) in [7, 11) is 1.57. The first-order valence-electron chi connectivity index (χ1n) is 11.0. The number of ether oxygens (including phenoxy) is 2. The van der Waals surface area contributed by atoms with Crippen LogP contribution in [0.25, 0.3) is 0 Å². The molecule has 1 aromatic carbocycles. The molecule has 0 unspecified atom stereocenters. The Balaban J connectivity index is 2.01. The van der Waals surface area contributed by atoms with Crippen molar-refractivity contribution in [1.82, 2.24) is 9.47 Å². The number of piperidine rings is 1. The van der Waals surface area contributed by atoms with Crippen molar-refractivity contribution < 1.29 is 23.8 Å². The highest BCUT2D eigenvalue weighted by atomic mass is 19.1. The summed E-state index contributed by atoms with van der Waals surface area (Å²) in [6, 6.07) is 6.98. The first-order chi connectivity index (χ1) is 15.4. The first kappa shape index (κ1) is 23.9. The molecule has 0 radical (unpaired) electrons. The lowest BCUT2D eigenvalue weighted by molar-refractivity contribution is -0.149. The highest BCUT2D eigenvalue weighted by Crippen LogP contribution is 2.35. The van der Waals surface area contributed by atoms with Crippen LogP contribution >= 0.6 is 0 Å². The maximum Gasteiger partial charge on any atom is 0.309 e. The Hall–Kier alpha value is -2.71. The van der Waals surface area contributed by atoms with Crippen molar-refractivity contribution in [2.24, 2.45) is 5.92 Å². The van der Waals surface area contributed by atoms with Crippen molar-refractivity contribution in [3.8, 4) is 5.75 Å². The van der Waals surface area contributed by atoms with Crippen LogP contribution in [0.4, 0.5) is 4.39 Å². The van der Waals surface area contributed by atoms with E-state index in [-0.39, 0.29) is 34.6 Å². The van der Waals surface area contributed by atoms with Crippen molar-refractivity contribution in [3.63, 3.8) is 0 Å². The van der Waals surface area contributed by atoms with Crippen LogP contribution in [-0.2, 0) is 20.8 Å². The van der Waals surface area contributed by atoms with Crippen LogP contribution in [0.2, 0.25) is 0 Å².